The maximum atomic E-state index is 6.15. The Morgan fingerprint density at radius 2 is 2.14 bits per heavy atom. The molecule has 2 aliphatic rings. The van der Waals surface area contributed by atoms with Crippen molar-refractivity contribution in [2.24, 2.45) is 5.92 Å². The lowest BCUT2D eigenvalue weighted by Crippen LogP contribution is -2.27. The quantitative estimate of drug-likeness (QED) is 0.629. The molecule has 0 N–H and O–H groups in total. The third kappa shape index (κ3) is 2.00. The van der Waals surface area contributed by atoms with Gasteiger partial charge in [0.15, 0.2) is 5.79 Å². The topological polar surface area (TPSA) is 49.2 Å². The molecule has 2 aromatic heterocycles. The first-order valence-electron chi connectivity index (χ1n) is 7.45. The van der Waals surface area contributed by atoms with Gasteiger partial charge in [-0.3, -0.25) is 0 Å². The summed E-state index contributed by atoms with van der Waals surface area (Å²) >= 11 is 6.15. The molecule has 0 aromatic carbocycles. The molecule has 1 saturated heterocycles. The Balaban J connectivity index is 1.78. The zero-order valence-electron chi connectivity index (χ0n) is 12.6. The number of hydrogen-bond acceptors (Lipinski definition) is 4. The number of aromatic nitrogens is 3. The van der Waals surface area contributed by atoms with Crippen LogP contribution in [0.4, 0.5) is 0 Å². The van der Waals surface area contributed by atoms with Crippen LogP contribution in [0.3, 0.4) is 0 Å². The third-order valence-corrected chi connectivity index (χ3v) is 4.90. The zero-order chi connectivity index (χ0) is 15.5. The molecule has 2 fully saturated rings. The van der Waals surface area contributed by atoms with Crippen molar-refractivity contribution >= 4 is 22.6 Å². The maximum Gasteiger partial charge on any atom is 0.163 e. The van der Waals surface area contributed by atoms with Crippen LogP contribution in [-0.2, 0) is 9.47 Å². The van der Waals surface area contributed by atoms with Crippen LogP contribution in [0.15, 0.2) is 31.2 Å². The van der Waals surface area contributed by atoms with E-state index in [-0.39, 0.29) is 24.2 Å². The summed E-state index contributed by atoms with van der Waals surface area (Å²) in [7, 11) is 0. The first-order chi connectivity index (χ1) is 10.5. The molecule has 0 bridgehead atoms. The number of rotatable bonds is 2. The Bertz CT molecular complexity index is 742. The fourth-order valence-corrected chi connectivity index (χ4v) is 3.89. The van der Waals surface area contributed by atoms with Crippen LogP contribution in [0.2, 0.25) is 5.15 Å². The Kier molecular flexibility index (Phi) is 3.08. The molecule has 4 atom stereocenters. The second kappa shape index (κ2) is 4.78. The summed E-state index contributed by atoms with van der Waals surface area (Å²) in [6.45, 7) is 7.86. The van der Waals surface area contributed by atoms with Crippen LogP contribution < -0.4 is 0 Å². The normalized spacial score (nSPS) is 33.2. The number of ether oxygens (including phenoxy) is 2. The fourth-order valence-electron chi connectivity index (χ4n) is 3.70. The standard InChI is InChI=1S/C16H18ClN3O2/c1-4-9-7-11(13-12(9)21-16(2,3)22-13)20-6-5-10-14(17)18-8-19-15(10)20/h4-6,8-9,11-13H,1,7H2,2-3H3/t9-,11?,12+,13-/m0/s1. The molecule has 0 radical (unpaired) electrons. The monoisotopic (exact) mass is 319 g/mol. The van der Waals surface area contributed by atoms with Gasteiger partial charge in [0.05, 0.1) is 17.5 Å². The van der Waals surface area contributed by atoms with E-state index in [9.17, 15) is 0 Å². The van der Waals surface area contributed by atoms with Crippen LogP contribution in [0, 0.1) is 5.92 Å². The zero-order valence-corrected chi connectivity index (χ0v) is 13.3. The van der Waals surface area contributed by atoms with E-state index in [0.29, 0.717) is 5.15 Å². The molecule has 4 rings (SSSR count). The van der Waals surface area contributed by atoms with Gasteiger partial charge >= 0.3 is 0 Å². The van der Waals surface area contributed by atoms with Crippen molar-refractivity contribution in [3.8, 4) is 0 Å². The molecule has 5 nitrogen and oxygen atoms in total. The second-order valence-corrected chi connectivity index (χ2v) is 6.75. The van der Waals surface area contributed by atoms with Gasteiger partial charge < -0.3 is 14.0 Å². The van der Waals surface area contributed by atoms with E-state index < -0.39 is 5.79 Å². The van der Waals surface area contributed by atoms with Crippen molar-refractivity contribution in [3.05, 3.63) is 36.4 Å². The summed E-state index contributed by atoms with van der Waals surface area (Å²) in [5.74, 6) is -0.295. The lowest BCUT2D eigenvalue weighted by molar-refractivity contribution is -0.158. The van der Waals surface area contributed by atoms with Gasteiger partial charge in [0.2, 0.25) is 0 Å². The van der Waals surface area contributed by atoms with Gasteiger partial charge in [-0.2, -0.15) is 0 Å². The molecule has 0 amide bonds. The highest BCUT2D eigenvalue weighted by molar-refractivity contribution is 6.33. The average Bonchev–Trinajstić information content (AvgIpc) is 3.10. The molecule has 1 aliphatic carbocycles. The summed E-state index contributed by atoms with van der Waals surface area (Å²) in [6.07, 6.45) is 6.41. The van der Waals surface area contributed by atoms with E-state index in [0.717, 1.165) is 17.5 Å². The first-order valence-corrected chi connectivity index (χ1v) is 7.83. The Morgan fingerprint density at radius 3 is 2.91 bits per heavy atom. The predicted octanol–water partition coefficient (Wildman–Crippen LogP) is 3.35. The van der Waals surface area contributed by atoms with Crippen molar-refractivity contribution in [2.75, 3.05) is 0 Å². The smallest absolute Gasteiger partial charge is 0.163 e. The molecule has 0 spiro atoms. The summed E-state index contributed by atoms with van der Waals surface area (Å²) in [5, 5.41) is 1.34. The summed E-state index contributed by atoms with van der Waals surface area (Å²) in [5.41, 5.74) is 0.835. The van der Waals surface area contributed by atoms with Crippen LogP contribution in [0.5, 0.6) is 0 Å². The minimum atomic E-state index is -0.565. The van der Waals surface area contributed by atoms with Gasteiger partial charge in [-0.25, -0.2) is 9.97 Å². The first kappa shape index (κ1) is 14.2. The molecule has 1 aliphatic heterocycles. The SMILES string of the molecule is C=C[C@H]1CC(n2ccc3c(Cl)ncnc32)[C@@H]2OC(C)(C)O[C@H]12. The van der Waals surface area contributed by atoms with Crippen molar-refractivity contribution < 1.29 is 9.47 Å². The summed E-state index contributed by atoms with van der Waals surface area (Å²) < 4.78 is 14.4. The van der Waals surface area contributed by atoms with E-state index in [1.165, 1.54) is 6.33 Å². The number of fused-ring (bicyclic) bond motifs is 2. The van der Waals surface area contributed by atoms with Gasteiger partial charge in [0.1, 0.15) is 23.2 Å². The van der Waals surface area contributed by atoms with E-state index >= 15 is 0 Å². The highest BCUT2D eigenvalue weighted by Crippen LogP contribution is 2.48. The van der Waals surface area contributed by atoms with Crippen molar-refractivity contribution in [2.45, 2.75) is 44.3 Å². The Morgan fingerprint density at radius 1 is 1.36 bits per heavy atom. The lowest BCUT2D eigenvalue weighted by atomic mass is 10.1. The summed E-state index contributed by atoms with van der Waals surface area (Å²) in [4.78, 5) is 8.43. The number of hydrogen-bond donors (Lipinski definition) is 0. The molecule has 6 heteroatoms. The van der Waals surface area contributed by atoms with Gasteiger partial charge in [0, 0.05) is 12.1 Å². The van der Waals surface area contributed by atoms with Crippen LogP contribution in [0.1, 0.15) is 26.3 Å². The van der Waals surface area contributed by atoms with E-state index in [2.05, 4.69) is 21.1 Å². The predicted molar refractivity (Wildman–Crippen MR) is 83.7 cm³/mol. The fraction of sp³-hybridized carbons (Fsp3) is 0.500. The van der Waals surface area contributed by atoms with Crippen LogP contribution in [0.25, 0.3) is 11.0 Å². The summed E-state index contributed by atoms with van der Waals surface area (Å²) in [6, 6.07) is 2.10. The number of nitrogens with zero attached hydrogens (tertiary/aromatic N) is 3. The minimum Gasteiger partial charge on any atom is -0.344 e. The van der Waals surface area contributed by atoms with Crippen LogP contribution >= 0.6 is 11.6 Å². The van der Waals surface area contributed by atoms with E-state index in [4.69, 9.17) is 21.1 Å². The molecular weight excluding hydrogens is 302 g/mol. The second-order valence-electron chi connectivity index (χ2n) is 6.39. The molecule has 3 heterocycles. The lowest BCUT2D eigenvalue weighted by Gasteiger charge is -2.24. The van der Waals surface area contributed by atoms with E-state index in [1.807, 2.05) is 32.2 Å². The molecule has 22 heavy (non-hydrogen) atoms. The Labute approximate surface area is 133 Å². The number of halogens is 1. The molecular formula is C16H18ClN3O2. The van der Waals surface area contributed by atoms with Gasteiger partial charge in [-0.05, 0) is 26.3 Å². The molecule has 1 saturated carbocycles. The minimum absolute atomic E-state index is 0.0117. The van der Waals surface area contributed by atoms with E-state index in [1.54, 1.807) is 0 Å². The van der Waals surface area contributed by atoms with Crippen molar-refractivity contribution in [1.29, 1.82) is 0 Å². The maximum absolute atomic E-state index is 6.15. The van der Waals surface area contributed by atoms with Crippen LogP contribution in [-0.4, -0.2) is 32.5 Å². The largest absolute Gasteiger partial charge is 0.344 e. The van der Waals surface area contributed by atoms with Gasteiger partial charge in [0.25, 0.3) is 0 Å². The van der Waals surface area contributed by atoms with Gasteiger partial charge in [-0.1, -0.05) is 17.7 Å². The molecule has 1 unspecified atom stereocenters. The third-order valence-electron chi connectivity index (χ3n) is 4.60. The van der Waals surface area contributed by atoms with Crippen molar-refractivity contribution in [1.82, 2.24) is 14.5 Å². The van der Waals surface area contributed by atoms with Crippen molar-refractivity contribution in [3.63, 3.8) is 0 Å². The highest BCUT2D eigenvalue weighted by Gasteiger charge is 2.53. The molecule has 116 valence electrons. The highest BCUT2D eigenvalue weighted by atomic mass is 35.5. The van der Waals surface area contributed by atoms with Gasteiger partial charge in [-0.15, -0.1) is 6.58 Å². The molecule has 2 aromatic rings. The Hall–Kier alpha value is -1.43. The average molecular weight is 320 g/mol.